The number of nitrogens with two attached hydrogens (primary N) is 1. The Labute approximate surface area is 159 Å². The van der Waals surface area contributed by atoms with E-state index in [1.807, 2.05) is 12.1 Å². The van der Waals surface area contributed by atoms with Crippen molar-refractivity contribution in [1.29, 1.82) is 0 Å². The van der Waals surface area contributed by atoms with Gasteiger partial charge in [-0.3, -0.25) is 9.59 Å². The molecule has 10 nitrogen and oxygen atoms in total. The maximum atomic E-state index is 12.6. The van der Waals surface area contributed by atoms with Gasteiger partial charge in [0.2, 0.25) is 6.10 Å². The summed E-state index contributed by atoms with van der Waals surface area (Å²) in [6, 6.07) is 13.9. The quantitative estimate of drug-likeness (QED) is 0.687. The summed E-state index contributed by atoms with van der Waals surface area (Å²) in [6.45, 7) is 1.77. The topological polar surface area (TPSA) is 134 Å². The van der Waals surface area contributed by atoms with Crippen molar-refractivity contribution in [2.75, 3.05) is 5.32 Å². The molecule has 1 aromatic heterocycles. The van der Waals surface area contributed by atoms with Crippen molar-refractivity contribution in [2.24, 2.45) is 5.73 Å². The Morgan fingerprint density at radius 2 is 1.75 bits per heavy atom. The highest BCUT2D eigenvalue weighted by Crippen LogP contribution is 2.33. The van der Waals surface area contributed by atoms with Crippen LogP contribution in [0.4, 0.5) is 5.69 Å². The number of carbonyl (C=O) groups excluding carboxylic acids is 2. The second-order valence-electron chi connectivity index (χ2n) is 6.11. The molecule has 4 rings (SSSR count). The molecule has 3 aromatic rings. The van der Waals surface area contributed by atoms with Crippen molar-refractivity contribution in [2.45, 2.75) is 19.1 Å². The Morgan fingerprint density at radius 3 is 2.39 bits per heavy atom. The van der Waals surface area contributed by atoms with Crippen molar-refractivity contribution >= 4 is 17.5 Å². The molecule has 3 N–H and O–H groups in total. The van der Waals surface area contributed by atoms with E-state index in [-0.39, 0.29) is 11.7 Å². The van der Waals surface area contributed by atoms with Gasteiger partial charge in [-0.1, -0.05) is 12.1 Å². The standard InChI is InChI=1S/C18H16N6O4/c1-10-15(28-14-5-3-2-4-13(14)27-10)18(26)20-11-6-8-12(9-7-11)24-22-17(16(19)25)21-23-24/h2-10,15H,1H3,(H2,19,25)(H,20,26)/t10-,15-/m0/s1. The third-order valence-corrected chi connectivity index (χ3v) is 4.10. The van der Waals surface area contributed by atoms with Crippen molar-refractivity contribution in [1.82, 2.24) is 20.2 Å². The van der Waals surface area contributed by atoms with Crippen LogP contribution in [-0.4, -0.2) is 44.2 Å². The molecule has 142 valence electrons. The Hall–Kier alpha value is -3.95. The maximum absolute atomic E-state index is 12.6. The molecule has 28 heavy (non-hydrogen) atoms. The van der Waals surface area contributed by atoms with Crippen molar-refractivity contribution in [3.05, 3.63) is 54.4 Å². The first-order chi connectivity index (χ1) is 13.5. The lowest BCUT2D eigenvalue weighted by molar-refractivity contribution is -0.128. The number of hydrogen-bond donors (Lipinski definition) is 2. The molecule has 2 amide bonds. The summed E-state index contributed by atoms with van der Waals surface area (Å²) in [5.41, 5.74) is 6.22. The minimum atomic E-state index is -0.787. The molecule has 10 heteroatoms. The molecule has 0 aliphatic carbocycles. The zero-order valence-electron chi connectivity index (χ0n) is 14.8. The molecule has 0 bridgehead atoms. The highest BCUT2D eigenvalue weighted by molar-refractivity contribution is 5.95. The van der Waals surface area contributed by atoms with E-state index >= 15 is 0 Å². The largest absolute Gasteiger partial charge is 0.482 e. The third kappa shape index (κ3) is 3.34. The number of anilines is 1. The van der Waals surface area contributed by atoms with Crippen LogP contribution in [0.15, 0.2) is 48.5 Å². The van der Waals surface area contributed by atoms with Gasteiger partial charge in [-0.2, -0.15) is 0 Å². The molecule has 0 spiro atoms. The molecule has 0 fully saturated rings. The van der Waals surface area contributed by atoms with E-state index < -0.39 is 18.1 Å². The van der Waals surface area contributed by atoms with Crippen molar-refractivity contribution in [3.63, 3.8) is 0 Å². The first kappa shape index (κ1) is 17.5. The van der Waals surface area contributed by atoms with Crippen molar-refractivity contribution in [3.8, 4) is 17.2 Å². The van der Waals surface area contributed by atoms with E-state index in [9.17, 15) is 9.59 Å². The number of rotatable bonds is 4. The fourth-order valence-corrected chi connectivity index (χ4v) is 2.72. The van der Waals surface area contributed by atoms with E-state index in [0.717, 1.165) is 0 Å². The molecule has 0 radical (unpaired) electrons. The average Bonchev–Trinajstić information content (AvgIpc) is 3.18. The van der Waals surface area contributed by atoms with E-state index in [1.54, 1.807) is 43.3 Å². The molecule has 2 aromatic carbocycles. The molecule has 1 aliphatic heterocycles. The summed E-state index contributed by atoms with van der Waals surface area (Å²) >= 11 is 0. The number of para-hydroxylation sites is 2. The van der Waals surface area contributed by atoms with E-state index in [1.165, 1.54) is 4.80 Å². The van der Waals surface area contributed by atoms with E-state index in [4.69, 9.17) is 15.2 Å². The number of primary amides is 1. The second-order valence-corrected chi connectivity index (χ2v) is 6.11. The number of nitrogens with one attached hydrogen (secondary N) is 1. The van der Waals surface area contributed by atoms with Gasteiger partial charge < -0.3 is 20.5 Å². The highest BCUT2D eigenvalue weighted by atomic mass is 16.6. The van der Waals surface area contributed by atoms with Gasteiger partial charge in [0, 0.05) is 5.69 Å². The van der Waals surface area contributed by atoms with Gasteiger partial charge in [0.1, 0.15) is 6.10 Å². The summed E-state index contributed by atoms with van der Waals surface area (Å²) in [5.74, 6) is -0.135. The summed E-state index contributed by atoms with van der Waals surface area (Å²) in [6.07, 6.45) is -1.23. The predicted octanol–water partition coefficient (Wildman–Crippen LogP) is 0.928. The average molecular weight is 380 g/mol. The van der Waals surface area contributed by atoms with Gasteiger partial charge in [-0.15, -0.1) is 15.0 Å². The van der Waals surface area contributed by atoms with Gasteiger partial charge in [0.05, 0.1) is 5.69 Å². The summed E-state index contributed by atoms with van der Waals surface area (Å²) in [5, 5.41) is 14.0. The highest BCUT2D eigenvalue weighted by Gasteiger charge is 2.34. The third-order valence-electron chi connectivity index (χ3n) is 4.10. The molecular weight excluding hydrogens is 364 g/mol. The number of aromatic nitrogens is 4. The van der Waals surface area contributed by atoms with E-state index in [0.29, 0.717) is 22.9 Å². The van der Waals surface area contributed by atoms with Crippen LogP contribution in [-0.2, 0) is 4.79 Å². The lowest BCUT2D eigenvalue weighted by Crippen LogP contribution is -2.46. The molecule has 2 atom stereocenters. The lowest BCUT2D eigenvalue weighted by Gasteiger charge is -2.31. The number of ether oxygens (including phenoxy) is 2. The monoisotopic (exact) mass is 380 g/mol. The first-order valence-electron chi connectivity index (χ1n) is 8.45. The minimum absolute atomic E-state index is 0.180. The van der Waals surface area contributed by atoms with Crippen LogP contribution in [0.1, 0.15) is 17.5 Å². The van der Waals surface area contributed by atoms with E-state index in [2.05, 4.69) is 20.7 Å². The molecule has 0 unspecified atom stereocenters. The minimum Gasteiger partial charge on any atom is -0.482 e. The fraction of sp³-hybridized carbons (Fsp3) is 0.167. The Bertz CT molecular complexity index is 1030. The molecular formula is C18H16N6O4. The van der Waals surface area contributed by atoms with Gasteiger partial charge in [0.25, 0.3) is 17.6 Å². The number of tetrazole rings is 1. The summed E-state index contributed by atoms with van der Waals surface area (Å²) < 4.78 is 11.5. The lowest BCUT2D eigenvalue weighted by atomic mass is 10.1. The predicted molar refractivity (Wildman–Crippen MR) is 97.2 cm³/mol. The van der Waals surface area contributed by atoms with Gasteiger partial charge in [0.15, 0.2) is 11.5 Å². The van der Waals surface area contributed by atoms with Gasteiger partial charge >= 0.3 is 0 Å². The number of amides is 2. The summed E-state index contributed by atoms with van der Waals surface area (Å²) in [7, 11) is 0. The van der Waals surface area contributed by atoms with Crippen LogP contribution >= 0.6 is 0 Å². The molecule has 2 heterocycles. The van der Waals surface area contributed by atoms with Crippen LogP contribution in [0.2, 0.25) is 0 Å². The first-order valence-corrected chi connectivity index (χ1v) is 8.45. The van der Waals surface area contributed by atoms with Gasteiger partial charge in [-0.05, 0) is 48.5 Å². The van der Waals surface area contributed by atoms with Crippen LogP contribution in [0.25, 0.3) is 5.69 Å². The molecule has 1 aliphatic rings. The van der Waals surface area contributed by atoms with Crippen LogP contribution in [0, 0.1) is 0 Å². The smallest absolute Gasteiger partial charge is 0.290 e. The van der Waals surface area contributed by atoms with Crippen molar-refractivity contribution < 1.29 is 19.1 Å². The Morgan fingerprint density at radius 1 is 1.07 bits per heavy atom. The van der Waals surface area contributed by atoms with Crippen LogP contribution < -0.4 is 20.5 Å². The molecule has 0 saturated heterocycles. The maximum Gasteiger partial charge on any atom is 0.290 e. The SMILES string of the molecule is C[C@@H]1Oc2ccccc2O[C@@H]1C(=O)Nc1ccc(-n2nnc(C(N)=O)n2)cc1. The Kier molecular flexibility index (Phi) is 4.36. The Balaban J connectivity index is 1.45. The van der Waals surface area contributed by atoms with Crippen LogP contribution in [0.3, 0.4) is 0 Å². The normalized spacial score (nSPS) is 17.8. The number of carbonyl (C=O) groups is 2. The number of benzene rings is 2. The molecule has 0 saturated carbocycles. The summed E-state index contributed by atoms with van der Waals surface area (Å²) in [4.78, 5) is 24.8. The second kappa shape index (κ2) is 6.99. The van der Waals surface area contributed by atoms with Gasteiger partial charge in [-0.25, -0.2) is 0 Å². The fourth-order valence-electron chi connectivity index (χ4n) is 2.72. The van der Waals surface area contributed by atoms with Crippen LogP contribution in [0.5, 0.6) is 11.5 Å². The number of fused-ring (bicyclic) bond motifs is 1. The number of nitrogens with zero attached hydrogens (tertiary/aromatic N) is 4. The zero-order valence-corrected chi connectivity index (χ0v) is 14.8. The zero-order chi connectivity index (χ0) is 19.7. The number of hydrogen-bond acceptors (Lipinski definition) is 7.